The van der Waals surface area contributed by atoms with E-state index in [4.69, 9.17) is 14.2 Å². The number of aryl methyl sites for hydroxylation is 1. The Kier molecular flexibility index (Phi) is 10.2. The number of amides is 2. The molecule has 0 spiro atoms. The van der Waals surface area contributed by atoms with Crippen molar-refractivity contribution in [1.29, 1.82) is 0 Å². The van der Waals surface area contributed by atoms with Gasteiger partial charge in [-0.2, -0.15) is 0 Å². The maximum absolute atomic E-state index is 13.7. The summed E-state index contributed by atoms with van der Waals surface area (Å²) in [5.74, 6) is 0.747. The topological polar surface area (TPSA) is 149 Å². The number of carbonyl (C=O) groups is 2. The molecule has 1 heterocycles. The summed E-state index contributed by atoms with van der Waals surface area (Å²) in [6, 6.07) is 5.17. The van der Waals surface area contributed by atoms with Crippen LogP contribution in [0, 0.1) is 0 Å². The molecular weight excluding hydrogens is 574 g/mol. The van der Waals surface area contributed by atoms with Crippen LogP contribution < -0.4 is 35.6 Å². The number of methoxy groups -OCH3 is 3. The second-order valence-corrected chi connectivity index (χ2v) is 13.3. The maximum atomic E-state index is 13.7. The highest BCUT2D eigenvalue weighted by Crippen LogP contribution is 2.50. The summed E-state index contributed by atoms with van der Waals surface area (Å²) in [4.78, 5) is 39.2. The summed E-state index contributed by atoms with van der Waals surface area (Å²) >= 11 is 0. The Morgan fingerprint density at radius 2 is 1.77 bits per heavy atom. The predicted octanol–water partition coefficient (Wildman–Crippen LogP) is 3.14. The first-order chi connectivity index (χ1) is 20.5. The van der Waals surface area contributed by atoms with E-state index in [1.807, 2.05) is 13.0 Å². The molecule has 3 N–H and O–H groups in total. The van der Waals surface area contributed by atoms with Gasteiger partial charge in [0.2, 0.25) is 23.0 Å². The van der Waals surface area contributed by atoms with Gasteiger partial charge in [0, 0.05) is 18.5 Å². The normalized spacial score (nSPS) is 19.2. The smallest absolute Gasteiger partial charge is 0.242 e. The molecule has 1 saturated heterocycles. The van der Waals surface area contributed by atoms with E-state index >= 15 is 0 Å². The standard InChI is InChI=1S/C31H41N3O8S/c1-6-7-8-25(31(37)33-20-13-14-43(38,39)17-20)34-24-12-10-21-22(16-26(24)36)23(32-18(2)35)11-9-19-15-27(40-3)29(41-4)30(42-5)28(19)21/h10,12,15-16,20,23,25H,6-9,11,13-14,17H2,1-5H3,(H,32,35)(H,33,37)(H,34,36)/t20?,23-,25?/m0/s1. The van der Waals surface area contributed by atoms with Crippen LogP contribution in [-0.2, 0) is 25.8 Å². The van der Waals surface area contributed by atoms with Crippen molar-refractivity contribution in [3.8, 4) is 28.4 Å². The molecule has 4 rings (SSSR count). The fraction of sp³-hybridized carbons (Fsp3) is 0.516. The van der Waals surface area contributed by atoms with Gasteiger partial charge in [0.05, 0.1) is 44.6 Å². The van der Waals surface area contributed by atoms with Crippen molar-refractivity contribution in [2.24, 2.45) is 0 Å². The van der Waals surface area contributed by atoms with Crippen LogP contribution in [0.1, 0.15) is 63.1 Å². The molecule has 2 aromatic rings. The Morgan fingerprint density at radius 1 is 1.02 bits per heavy atom. The molecule has 0 saturated carbocycles. The second-order valence-electron chi connectivity index (χ2n) is 11.0. The van der Waals surface area contributed by atoms with Crippen LogP contribution in [0.25, 0.3) is 11.1 Å². The van der Waals surface area contributed by atoms with Gasteiger partial charge in [-0.1, -0.05) is 25.8 Å². The molecule has 2 amide bonds. The lowest BCUT2D eigenvalue weighted by atomic mass is 9.95. The van der Waals surface area contributed by atoms with Crippen molar-refractivity contribution >= 4 is 27.3 Å². The summed E-state index contributed by atoms with van der Waals surface area (Å²) in [6.45, 7) is 3.44. The highest BCUT2D eigenvalue weighted by atomic mass is 32.2. The zero-order chi connectivity index (χ0) is 31.3. The Balaban J connectivity index is 1.81. The summed E-state index contributed by atoms with van der Waals surface area (Å²) in [7, 11) is 1.44. The number of ether oxygens (including phenoxy) is 3. The third-order valence-electron chi connectivity index (χ3n) is 7.99. The Labute approximate surface area is 252 Å². The summed E-state index contributed by atoms with van der Waals surface area (Å²) in [6.07, 6.45) is 3.50. The van der Waals surface area contributed by atoms with E-state index in [1.165, 1.54) is 27.2 Å². The average molecular weight is 616 g/mol. The minimum absolute atomic E-state index is 0.0485. The fourth-order valence-electron chi connectivity index (χ4n) is 5.90. The second kappa shape index (κ2) is 13.7. The van der Waals surface area contributed by atoms with Crippen molar-refractivity contribution < 1.29 is 32.2 Å². The number of hydrogen-bond acceptors (Lipinski definition) is 9. The van der Waals surface area contributed by atoms with Crippen molar-refractivity contribution in [2.75, 3.05) is 38.2 Å². The molecule has 1 aliphatic heterocycles. The lowest BCUT2D eigenvalue weighted by Crippen LogP contribution is -2.45. The van der Waals surface area contributed by atoms with E-state index in [0.29, 0.717) is 54.1 Å². The minimum Gasteiger partial charge on any atom is -0.493 e. The largest absolute Gasteiger partial charge is 0.493 e. The number of anilines is 1. The van der Waals surface area contributed by atoms with E-state index in [-0.39, 0.29) is 34.4 Å². The molecule has 2 aliphatic rings. The van der Waals surface area contributed by atoms with Crippen molar-refractivity contribution in [1.82, 2.24) is 10.6 Å². The summed E-state index contributed by atoms with van der Waals surface area (Å²) < 4.78 is 40.9. The molecule has 0 bridgehead atoms. The summed E-state index contributed by atoms with van der Waals surface area (Å²) in [5, 5.41) is 9.00. The average Bonchev–Trinajstić information content (AvgIpc) is 3.14. The number of fused-ring (bicyclic) bond motifs is 3. The van der Waals surface area contributed by atoms with Gasteiger partial charge < -0.3 is 30.2 Å². The zero-order valence-corrected chi connectivity index (χ0v) is 26.2. The molecule has 1 aliphatic carbocycles. The number of rotatable bonds is 11. The number of nitrogens with one attached hydrogen (secondary N) is 3. The van der Waals surface area contributed by atoms with Crippen molar-refractivity contribution in [3.05, 3.63) is 45.6 Å². The molecular formula is C31H41N3O8S. The molecule has 0 radical (unpaired) electrons. The van der Waals surface area contributed by atoms with E-state index < -0.39 is 28.0 Å². The Morgan fingerprint density at radius 3 is 2.37 bits per heavy atom. The monoisotopic (exact) mass is 615 g/mol. The van der Waals surface area contributed by atoms with Gasteiger partial charge in [0.1, 0.15) is 6.04 Å². The van der Waals surface area contributed by atoms with Crippen LogP contribution in [-0.4, -0.2) is 65.2 Å². The molecule has 2 aromatic carbocycles. The minimum atomic E-state index is -3.17. The van der Waals surface area contributed by atoms with Crippen LogP contribution in [0.4, 0.5) is 5.69 Å². The highest BCUT2D eigenvalue weighted by molar-refractivity contribution is 7.91. The van der Waals surface area contributed by atoms with Gasteiger partial charge in [0.25, 0.3) is 0 Å². The Hall–Kier alpha value is -3.80. The van der Waals surface area contributed by atoms with Crippen molar-refractivity contribution in [3.63, 3.8) is 0 Å². The molecule has 43 heavy (non-hydrogen) atoms. The first-order valence-electron chi connectivity index (χ1n) is 14.6. The van der Waals surface area contributed by atoms with Crippen LogP contribution in [0.2, 0.25) is 0 Å². The van der Waals surface area contributed by atoms with Gasteiger partial charge in [0.15, 0.2) is 21.3 Å². The van der Waals surface area contributed by atoms with E-state index in [1.54, 1.807) is 19.2 Å². The predicted molar refractivity (Wildman–Crippen MR) is 165 cm³/mol. The molecule has 11 nitrogen and oxygen atoms in total. The SMILES string of the molecule is CCCCC(Nc1ccc2c(cc1=O)[C@@H](NC(C)=O)CCc1cc(OC)c(OC)c(OC)c1-2)C(=O)NC1CCS(=O)(=O)C1. The third-order valence-corrected chi connectivity index (χ3v) is 9.76. The van der Waals surface area contributed by atoms with Crippen LogP contribution in [0.15, 0.2) is 29.1 Å². The van der Waals surface area contributed by atoms with Gasteiger partial charge in [-0.15, -0.1) is 0 Å². The molecule has 234 valence electrons. The molecule has 0 aromatic heterocycles. The van der Waals surface area contributed by atoms with Crippen LogP contribution in [0.5, 0.6) is 17.2 Å². The van der Waals surface area contributed by atoms with Gasteiger partial charge >= 0.3 is 0 Å². The Bertz CT molecular complexity index is 1540. The van der Waals surface area contributed by atoms with E-state index in [9.17, 15) is 22.8 Å². The van der Waals surface area contributed by atoms with Crippen LogP contribution in [0.3, 0.4) is 0 Å². The van der Waals surface area contributed by atoms with Gasteiger partial charge in [-0.25, -0.2) is 8.42 Å². The maximum Gasteiger partial charge on any atom is 0.242 e. The quantitative estimate of drug-likeness (QED) is 0.347. The van der Waals surface area contributed by atoms with Crippen LogP contribution >= 0.6 is 0 Å². The van der Waals surface area contributed by atoms with E-state index in [0.717, 1.165) is 24.0 Å². The number of hydrogen-bond donors (Lipinski definition) is 3. The number of benzene rings is 1. The van der Waals surface area contributed by atoms with E-state index in [2.05, 4.69) is 16.0 Å². The molecule has 2 unspecified atom stereocenters. The third kappa shape index (κ3) is 7.23. The van der Waals surface area contributed by atoms with Gasteiger partial charge in [-0.3, -0.25) is 14.4 Å². The zero-order valence-electron chi connectivity index (χ0n) is 25.4. The molecule has 3 atom stereocenters. The first-order valence-corrected chi connectivity index (χ1v) is 16.4. The van der Waals surface area contributed by atoms with Gasteiger partial charge in [-0.05, 0) is 60.6 Å². The van der Waals surface area contributed by atoms with Crippen molar-refractivity contribution in [2.45, 2.75) is 70.5 Å². The summed E-state index contributed by atoms with van der Waals surface area (Å²) in [5.41, 5.74) is 2.79. The number of carbonyl (C=O) groups excluding carboxylic acids is 2. The first kappa shape index (κ1) is 32.1. The molecule has 12 heteroatoms. The highest BCUT2D eigenvalue weighted by Gasteiger charge is 2.32. The fourth-order valence-corrected chi connectivity index (χ4v) is 7.58. The lowest BCUT2D eigenvalue weighted by molar-refractivity contribution is -0.122. The lowest BCUT2D eigenvalue weighted by Gasteiger charge is -2.21. The number of unbranched alkanes of at least 4 members (excludes halogenated alkanes) is 1. The molecule has 1 fully saturated rings. The number of sulfone groups is 1.